The predicted octanol–water partition coefficient (Wildman–Crippen LogP) is 0.815. The highest BCUT2D eigenvalue weighted by Gasteiger charge is 2.25. The summed E-state index contributed by atoms with van der Waals surface area (Å²) in [6, 6.07) is 0. The fourth-order valence-corrected chi connectivity index (χ4v) is 2.77. The van der Waals surface area contributed by atoms with Crippen molar-refractivity contribution in [1.29, 1.82) is 0 Å². The summed E-state index contributed by atoms with van der Waals surface area (Å²) in [5, 5.41) is 8.51. The first kappa shape index (κ1) is 11.4. The number of amides is 1. The third-order valence-electron chi connectivity index (χ3n) is 2.20. The van der Waals surface area contributed by atoms with Crippen LogP contribution in [-0.2, 0) is 9.59 Å². The van der Waals surface area contributed by atoms with Crippen molar-refractivity contribution in [2.75, 3.05) is 19.3 Å². The van der Waals surface area contributed by atoms with Gasteiger partial charge in [0, 0.05) is 7.05 Å². The van der Waals surface area contributed by atoms with Gasteiger partial charge in [0.15, 0.2) is 0 Å². The van der Waals surface area contributed by atoms with Gasteiger partial charge >= 0.3 is 5.97 Å². The van der Waals surface area contributed by atoms with Crippen molar-refractivity contribution >= 4 is 23.6 Å². The standard InChI is InChI=1S/C9H15NO3S/c1-10(6-8(11)12)9(13)7-4-2-3-5-14-7/h7H,2-6H2,1H3,(H,11,12). The number of aliphatic carboxylic acids is 1. The zero-order chi connectivity index (χ0) is 10.6. The molecule has 0 aromatic carbocycles. The fraction of sp³-hybridized carbons (Fsp3) is 0.778. The Kier molecular flexibility index (Phi) is 4.25. The number of carboxylic acids is 1. The highest BCUT2D eigenvalue weighted by atomic mass is 32.2. The molecule has 1 saturated heterocycles. The first-order chi connectivity index (χ1) is 6.61. The van der Waals surface area contributed by atoms with Crippen LogP contribution in [0.3, 0.4) is 0 Å². The molecule has 0 spiro atoms. The van der Waals surface area contributed by atoms with Crippen LogP contribution in [0.4, 0.5) is 0 Å². The Balaban J connectivity index is 2.42. The largest absolute Gasteiger partial charge is 0.480 e. The van der Waals surface area contributed by atoms with Gasteiger partial charge in [0.25, 0.3) is 0 Å². The molecule has 0 radical (unpaired) electrons. The van der Waals surface area contributed by atoms with Crippen LogP contribution in [0.2, 0.25) is 0 Å². The quantitative estimate of drug-likeness (QED) is 0.760. The lowest BCUT2D eigenvalue weighted by atomic mass is 10.2. The number of hydrogen-bond donors (Lipinski definition) is 1. The Morgan fingerprint density at radius 1 is 1.50 bits per heavy atom. The van der Waals surface area contributed by atoms with Crippen molar-refractivity contribution in [2.24, 2.45) is 0 Å². The van der Waals surface area contributed by atoms with E-state index in [0.717, 1.165) is 25.0 Å². The zero-order valence-corrected chi connectivity index (χ0v) is 9.05. The number of rotatable bonds is 3. The molecule has 1 heterocycles. The minimum absolute atomic E-state index is 0.0203. The number of nitrogens with zero attached hydrogens (tertiary/aromatic N) is 1. The summed E-state index contributed by atoms with van der Waals surface area (Å²) in [5.41, 5.74) is 0. The molecule has 1 unspecified atom stereocenters. The molecule has 1 amide bonds. The molecule has 1 aliphatic heterocycles. The maximum Gasteiger partial charge on any atom is 0.323 e. The molecule has 0 aliphatic carbocycles. The van der Waals surface area contributed by atoms with Crippen molar-refractivity contribution in [1.82, 2.24) is 4.90 Å². The van der Waals surface area contributed by atoms with E-state index in [-0.39, 0.29) is 17.7 Å². The fourth-order valence-electron chi connectivity index (χ4n) is 1.46. The van der Waals surface area contributed by atoms with E-state index in [0.29, 0.717) is 0 Å². The van der Waals surface area contributed by atoms with E-state index in [4.69, 9.17) is 5.11 Å². The van der Waals surface area contributed by atoms with Crippen molar-refractivity contribution in [2.45, 2.75) is 24.5 Å². The second-order valence-electron chi connectivity index (χ2n) is 3.44. The number of carbonyl (C=O) groups is 2. The molecule has 1 N–H and O–H groups in total. The smallest absolute Gasteiger partial charge is 0.323 e. The topological polar surface area (TPSA) is 57.6 Å². The van der Waals surface area contributed by atoms with Crippen LogP contribution in [0.25, 0.3) is 0 Å². The first-order valence-corrected chi connectivity index (χ1v) is 5.74. The molecule has 1 rings (SSSR count). The van der Waals surface area contributed by atoms with Gasteiger partial charge in [-0.3, -0.25) is 9.59 Å². The monoisotopic (exact) mass is 217 g/mol. The summed E-state index contributed by atoms with van der Waals surface area (Å²) in [5.74, 6) is 0.0101. The molecular formula is C9H15NO3S. The molecule has 1 fully saturated rings. The maximum absolute atomic E-state index is 11.7. The Hall–Kier alpha value is -0.710. The first-order valence-electron chi connectivity index (χ1n) is 4.69. The van der Waals surface area contributed by atoms with Gasteiger partial charge in [0.2, 0.25) is 5.91 Å². The number of likely N-dealkylation sites (N-methyl/N-ethyl adjacent to an activating group) is 1. The van der Waals surface area contributed by atoms with Crippen molar-refractivity contribution in [3.05, 3.63) is 0 Å². The highest BCUT2D eigenvalue weighted by Crippen LogP contribution is 2.26. The SMILES string of the molecule is CN(CC(=O)O)C(=O)C1CCCCS1. The minimum atomic E-state index is -0.957. The van der Waals surface area contributed by atoms with Crippen molar-refractivity contribution < 1.29 is 14.7 Å². The molecule has 80 valence electrons. The van der Waals surface area contributed by atoms with E-state index >= 15 is 0 Å². The molecule has 1 aliphatic rings. The third kappa shape index (κ3) is 3.21. The van der Waals surface area contributed by atoms with Crippen LogP contribution in [0.15, 0.2) is 0 Å². The summed E-state index contributed by atoms with van der Waals surface area (Å²) < 4.78 is 0. The summed E-state index contributed by atoms with van der Waals surface area (Å²) in [6.07, 6.45) is 3.12. The zero-order valence-electron chi connectivity index (χ0n) is 8.23. The Labute approximate surface area is 87.7 Å². The van der Waals surface area contributed by atoms with E-state index in [2.05, 4.69) is 0 Å². The van der Waals surface area contributed by atoms with Crippen LogP contribution in [0.1, 0.15) is 19.3 Å². The molecule has 5 heteroatoms. The average molecular weight is 217 g/mol. The summed E-state index contributed by atoms with van der Waals surface area (Å²) in [7, 11) is 1.55. The van der Waals surface area contributed by atoms with Gasteiger partial charge in [-0.15, -0.1) is 11.8 Å². The molecule has 0 saturated carbocycles. The third-order valence-corrected chi connectivity index (χ3v) is 3.57. The van der Waals surface area contributed by atoms with E-state index < -0.39 is 5.97 Å². The Morgan fingerprint density at radius 3 is 2.71 bits per heavy atom. The molecule has 1 atom stereocenters. The van der Waals surface area contributed by atoms with Crippen LogP contribution >= 0.6 is 11.8 Å². The molecular weight excluding hydrogens is 202 g/mol. The average Bonchev–Trinajstić information content (AvgIpc) is 2.17. The Morgan fingerprint density at radius 2 is 2.21 bits per heavy atom. The van der Waals surface area contributed by atoms with Gasteiger partial charge in [-0.25, -0.2) is 0 Å². The second-order valence-corrected chi connectivity index (χ2v) is 4.75. The van der Waals surface area contributed by atoms with Gasteiger partial charge < -0.3 is 10.0 Å². The number of carboxylic acid groups (broad SMARTS) is 1. The molecule has 0 aromatic rings. The second kappa shape index (κ2) is 5.24. The lowest BCUT2D eigenvalue weighted by Crippen LogP contribution is -2.38. The molecule has 0 bridgehead atoms. The number of thioether (sulfide) groups is 1. The maximum atomic E-state index is 11.7. The van der Waals surface area contributed by atoms with Crippen LogP contribution in [0.5, 0.6) is 0 Å². The van der Waals surface area contributed by atoms with Crippen LogP contribution in [-0.4, -0.2) is 46.5 Å². The van der Waals surface area contributed by atoms with Crippen molar-refractivity contribution in [3.63, 3.8) is 0 Å². The van der Waals surface area contributed by atoms with Crippen LogP contribution < -0.4 is 0 Å². The lowest BCUT2D eigenvalue weighted by Gasteiger charge is -2.24. The van der Waals surface area contributed by atoms with Gasteiger partial charge in [0.1, 0.15) is 6.54 Å². The van der Waals surface area contributed by atoms with Crippen molar-refractivity contribution in [3.8, 4) is 0 Å². The summed E-state index contributed by atoms with van der Waals surface area (Å²) >= 11 is 1.64. The van der Waals surface area contributed by atoms with Crippen LogP contribution in [0, 0.1) is 0 Å². The molecule has 14 heavy (non-hydrogen) atoms. The molecule has 4 nitrogen and oxygen atoms in total. The van der Waals surface area contributed by atoms with Gasteiger partial charge in [-0.1, -0.05) is 6.42 Å². The highest BCUT2D eigenvalue weighted by molar-refractivity contribution is 8.00. The molecule has 0 aromatic heterocycles. The number of hydrogen-bond acceptors (Lipinski definition) is 3. The Bertz CT molecular complexity index is 226. The summed E-state index contributed by atoms with van der Waals surface area (Å²) in [4.78, 5) is 23.4. The van der Waals surface area contributed by atoms with E-state index in [1.165, 1.54) is 4.90 Å². The minimum Gasteiger partial charge on any atom is -0.480 e. The van der Waals surface area contributed by atoms with Gasteiger partial charge in [0.05, 0.1) is 5.25 Å². The summed E-state index contributed by atoms with van der Waals surface area (Å²) in [6.45, 7) is -0.199. The van der Waals surface area contributed by atoms with E-state index in [1.807, 2.05) is 0 Å². The number of carbonyl (C=O) groups excluding carboxylic acids is 1. The normalized spacial score (nSPS) is 21.6. The van der Waals surface area contributed by atoms with Gasteiger partial charge in [-0.2, -0.15) is 0 Å². The van der Waals surface area contributed by atoms with E-state index in [1.54, 1.807) is 18.8 Å². The predicted molar refractivity (Wildman–Crippen MR) is 55.4 cm³/mol. The van der Waals surface area contributed by atoms with Gasteiger partial charge in [-0.05, 0) is 18.6 Å². The van der Waals surface area contributed by atoms with E-state index in [9.17, 15) is 9.59 Å². The lowest BCUT2D eigenvalue weighted by molar-refractivity contribution is -0.143.